The Bertz CT molecular complexity index is 469. The van der Waals surface area contributed by atoms with Crippen LogP contribution in [-0.2, 0) is 4.74 Å². The van der Waals surface area contributed by atoms with Gasteiger partial charge in [0.25, 0.3) is 0 Å². The lowest BCUT2D eigenvalue weighted by molar-refractivity contribution is -0.556. The average Bonchev–Trinajstić information content (AvgIpc) is 2.43. The molecule has 1 aromatic carbocycles. The molecule has 110 valence electrons. The molecule has 0 spiro atoms. The highest BCUT2D eigenvalue weighted by Crippen LogP contribution is 2.14. The minimum atomic E-state index is -1.04. The molecule has 0 aliphatic carbocycles. The first-order chi connectivity index (χ1) is 9.36. The van der Waals surface area contributed by atoms with E-state index in [1.807, 2.05) is 6.92 Å². The molecule has 0 aliphatic rings. The number of ether oxygens (including phenoxy) is 1. The van der Waals surface area contributed by atoms with Crippen molar-refractivity contribution in [3.8, 4) is 0 Å². The quantitative estimate of drug-likeness (QED) is 0.472. The summed E-state index contributed by atoms with van der Waals surface area (Å²) in [4.78, 5) is 22.1. The Balaban J connectivity index is 2.59. The van der Waals surface area contributed by atoms with Crippen molar-refractivity contribution in [1.29, 1.82) is 0 Å². The van der Waals surface area contributed by atoms with E-state index >= 15 is 0 Å². The van der Waals surface area contributed by atoms with Crippen molar-refractivity contribution in [2.75, 3.05) is 18.5 Å². The van der Waals surface area contributed by atoms with Crippen LogP contribution in [0.3, 0.4) is 0 Å². The third-order valence-electron chi connectivity index (χ3n) is 2.78. The normalized spacial score (nSPS) is 10.9. The molecular formula is C14H20N2O4. The fourth-order valence-electron chi connectivity index (χ4n) is 1.39. The fraction of sp³-hybridized carbons (Fsp3) is 0.500. The predicted octanol–water partition coefficient (Wildman–Crippen LogP) is 2.72. The summed E-state index contributed by atoms with van der Waals surface area (Å²) in [6.07, 6.45) is 0.779. The maximum absolute atomic E-state index is 11.6. The molecule has 0 atom stereocenters. The number of nitrogens with zero attached hydrogens (tertiary/aromatic N) is 1. The Morgan fingerprint density at radius 3 is 2.45 bits per heavy atom. The van der Waals surface area contributed by atoms with Crippen LogP contribution in [0.4, 0.5) is 5.69 Å². The fourth-order valence-corrected chi connectivity index (χ4v) is 1.39. The van der Waals surface area contributed by atoms with E-state index in [9.17, 15) is 14.9 Å². The number of hydrogen-bond donors (Lipinski definition) is 1. The molecule has 20 heavy (non-hydrogen) atoms. The number of carbonyl (C=O) groups excluding carboxylic acids is 1. The third kappa shape index (κ3) is 4.53. The van der Waals surface area contributed by atoms with Crippen LogP contribution >= 0.6 is 0 Å². The van der Waals surface area contributed by atoms with Crippen molar-refractivity contribution in [1.82, 2.24) is 0 Å². The lowest BCUT2D eigenvalue weighted by Crippen LogP contribution is -2.38. The highest BCUT2D eigenvalue weighted by Gasteiger charge is 2.30. The van der Waals surface area contributed by atoms with Crippen molar-refractivity contribution in [2.24, 2.45) is 0 Å². The summed E-state index contributed by atoms with van der Waals surface area (Å²) in [6, 6.07) is 6.69. The first kappa shape index (κ1) is 15.9. The second-order valence-corrected chi connectivity index (χ2v) is 5.14. The number of anilines is 1. The maximum Gasteiger partial charge on any atom is 0.338 e. The van der Waals surface area contributed by atoms with E-state index in [-0.39, 0.29) is 17.4 Å². The molecule has 6 nitrogen and oxygen atoms in total. The molecule has 1 N–H and O–H groups in total. The van der Waals surface area contributed by atoms with E-state index in [0.29, 0.717) is 12.2 Å². The zero-order valence-electron chi connectivity index (χ0n) is 12.0. The Hall–Kier alpha value is -2.11. The van der Waals surface area contributed by atoms with Gasteiger partial charge in [-0.25, -0.2) is 4.79 Å². The van der Waals surface area contributed by atoms with Crippen molar-refractivity contribution < 1.29 is 14.5 Å². The molecule has 0 unspecified atom stereocenters. The van der Waals surface area contributed by atoms with Crippen molar-refractivity contribution in [3.63, 3.8) is 0 Å². The largest absolute Gasteiger partial charge is 0.462 e. The summed E-state index contributed by atoms with van der Waals surface area (Å²) in [5.74, 6) is -0.357. The van der Waals surface area contributed by atoms with E-state index in [0.717, 1.165) is 12.1 Å². The highest BCUT2D eigenvalue weighted by molar-refractivity contribution is 5.89. The number of hydrogen-bond acceptors (Lipinski definition) is 5. The third-order valence-corrected chi connectivity index (χ3v) is 2.78. The first-order valence-electron chi connectivity index (χ1n) is 6.52. The van der Waals surface area contributed by atoms with Gasteiger partial charge in [-0.15, -0.1) is 0 Å². The van der Waals surface area contributed by atoms with Gasteiger partial charge in [0.15, 0.2) is 0 Å². The zero-order valence-corrected chi connectivity index (χ0v) is 12.0. The highest BCUT2D eigenvalue weighted by atomic mass is 16.6. The molecule has 0 radical (unpaired) electrons. The predicted molar refractivity (Wildman–Crippen MR) is 76.6 cm³/mol. The average molecular weight is 280 g/mol. The Kier molecular flexibility index (Phi) is 5.49. The van der Waals surface area contributed by atoms with Gasteiger partial charge in [-0.3, -0.25) is 10.1 Å². The van der Waals surface area contributed by atoms with E-state index in [4.69, 9.17) is 4.74 Å². The van der Waals surface area contributed by atoms with Crippen LogP contribution in [-0.4, -0.2) is 29.6 Å². The smallest absolute Gasteiger partial charge is 0.338 e. The number of carbonyl (C=O) groups is 1. The minimum Gasteiger partial charge on any atom is -0.462 e. The molecule has 0 amide bonds. The number of nitrogens with one attached hydrogen (secondary N) is 1. The summed E-state index contributed by atoms with van der Waals surface area (Å²) < 4.78 is 5.01. The second kappa shape index (κ2) is 6.88. The van der Waals surface area contributed by atoms with Crippen LogP contribution in [0.15, 0.2) is 24.3 Å². The minimum absolute atomic E-state index is 0.208. The van der Waals surface area contributed by atoms with E-state index in [1.165, 1.54) is 0 Å². The Morgan fingerprint density at radius 2 is 1.95 bits per heavy atom. The summed E-state index contributed by atoms with van der Waals surface area (Å²) in [5, 5.41) is 13.8. The molecule has 1 aromatic rings. The van der Waals surface area contributed by atoms with Gasteiger partial charge in [0, 0.05) is 24.5 Å². The second-order valence-electron chi connectivity index (χ2n) is 5.14. The van der Waals surface area contributed by atoms with Crippen molar-refractivity contribution in [2.45, 2.75) is 32.7 Å². The van der Waals surface area contributed by atoms with Crippen LogP contribution in [0, 0.1) is 10.1 Å². The molecular weight excluding hydrogens is 260 g/mol. The van der Waals surface area contributed by atoms with Gasteiger partial charge in [0.1, 0.15) is 0 Å². The molecule has 0 fully saturated rings. The first-order valence-corrected chi connectivity index (χ1v) is 6.52. The summed E-state index contributed by atoms with van der Waals surface area (Å²) in [6.45, 7) is 5.64. The lowest BCUT2D eigenvalue weighted by atomic mass is 10.1. The molecule has 0 heterocycles. The topological polar surface area (TPSA) is 81.5 Å². The summed E-state index contributed by atoms with van der Waals surface area (Å²) in [7, 11) is 0. The van der Waals surface area contributed by atoms with Crippen molar-refractivity contribution in [3.05, 3.63) is 39.9 Å². The summed E-state index contributed by atoms with van der Waals surface area (Å²) >= 11 is 0. The van der Waals surface area contributed by atoms with Crippen LogP contribution in [0.1, 0.15) is 37.6 Å². The van der Waals surface area contributed by atoms with Crippen LogP contribution in [0.25, 0.3) is 0 Å². The van der Waals surface area contributed by atoms with Crippen LogP contribution in [0.5, 0.6) is 0 Å². The monoisotopic (exact) mass is 280 g/mol. The molecule has 1 rings (SSSR count). The van der Waals surface area contributed by atoms with Crippen LogP contribution in [0.2, 0.25) is 0 Å². The number of nitro groups is 1. The molecule has 0 saturated heterocycles. The van der Waals surface area contributed by atoms with E-state index in [2.05, 4.69) is 5.32 Å². The summed E-state index contributed by atoms with van der Waals surface area (Å²) in [5.41, 5.74) is 0.156. The van der Waals surface area contributed by atoms with E-state index in [1.54, 1.807) is 38.1 Å². The molecule has 0 aromatic heterocycles. The Labute approximate surface area is 118 Å². The van der Waals surface area contributed by atoms with Gasteiger partial charge in [0.2, 0.25) is 5.54 Å². The SMILES string of the molecule is CCCOC(=O)c1ccc(NCC(C)(C)[N+](=O)[O-])cc1. The van der Waals surface area contributed by atoms with Gasteiger partial charge < -0.3 is 10.1 Å². The van der Waals surface area contributed by atoms with Crippen LogP contribution < -0.4 is 5.32 Å². The Morgan fingerprint density at radius 1 is 1.35 bits per heavy atom. The standard InChI is InChI=1S/C14H20N2O4/c1-4-9-20-13(17)11-5-7-12(8-6-11)15-10-14(2,3)16(18)19/h5-8,15H,4,9-10H2,1-3H3. The maximum atomic E-state index is 11.6. The number of benzene rings is 1. The van der Waals surface area contributed by atoms with Crippen molar-refractivity contribution >= 4 is 11.7 Å². The molecule has 0 bridgehead atoms. The molecule has 0 saturated carbocycles. The van der Waals surface area contributed by atoms with E-state index < -0.39 is 5.54 Å². The van der Waals surface area contributed by atoms with Gasteiger partial charge >= 0.3 is 5.97 Å². The van der Waals surface area contributed by atoms with Gasteiger partial charge in [-0.1, -0.05) is 6.92 Å². The lowest BCUT2D eigenvalue weighted by Gasteiger charge is -2.17. The number of rotatable bonds is 7. The zero-order chi connectivity index (χ0) is 15.2. The van der Waals surface area contributed by atoms with Gasteiger partial charge in [-0.2, -0.15) is 0 Å². The molecule has 0 aliphatic heterocycles. The number of esters is 1. The molecule has 6 heteroatoms. The van der Waals surface area contributed by atoms with Gasteiger partial charge in [0.05, 0.1) is 18.7 Å². The van der Waals surface area contributed by atoms with Gasteiger partial charge in [-0.05, 0) is 30.7 Å².